The topological polar surface area (TPSA) is 27.6 Å². The Morgan fingerprint density at radius 1 is 1.61 bits per heavy atom. The first-order valence-corrected chi connectivity index (χ1v) is 8.36. The smallest absolute Gasteiger partial charge is 0.194 e. The van der Waals surface area contributed by atoms with Crippen LogP contribution < -0.4 is 5.32 Å². The van der Waals surface area contributed by atoms with E-state index >= 15 is 0 Å². The molecule has 0 spiro atoms. The zero-order valence-corrected chi connectivity index (χ0v) is 12.7. The van der Waals surface area contributed by atoms with Gasteiger partial charge < -0.3 is 10.2 Å². The number of thiophene rings is 1. The van der Waals surface area contributed by atoms with Crippen LogP contribution in [0, 0.1) is 0 Å². The van der Waals surface area contributed by atoms with Gasteiger partial charge in [-0.1, -0.05) is 13.0 Å². The highest BCUT2D eigenvalue weighted by atomic mass is 32.2. The Labute approximate surface area is 118 Å². The van der Waals surface area contributed by atoms with Crippen LogP contribution in [0.15, 0.2) is 22.5 Å². The summed E-state index contributed by atoms with van der Waals surface area (Å²) in [6.45, 7) is 5.37. The number of thioether (sulfide) groups is 1. The predicted octanol–water partition coefficient (Wildman–Crippen LogP) is 2.65. The van der Waals surface area contributed by atoms with Gasteiger partial charge in [0.2, 0.25) is 0 Å². The normalized spacial score (nSPS) is 21.1. The summed E-state index contributed by atoms with van der Waals surface area (Å²) in [6.07, 6.45) is 1.24. The minimum absolute atomic E-state index is 0.749. The van der Waals surface area contributed by atoms with Crippen LogP contribution in [0.1, 0.15) is 18.2 Å². The number of nitrogens with one attached hydrogen (secondary N) is 1. The lowest BCUT2D eigenvalue weighted by Crippen LogP contribution is -2.47. The van der Waals surface area contributed by atoms with Crippen LogP contribution in [0.2, 0.25) is 0 Å². The van der Waals surface area contributed by atoms with Crippen LogP contribution in [0.5, 0.6) is 0 Å². The molecule has 1 aliphatic heterocycles. The van der Waals surface area contributed by atoms with Gasteiger partial charge in [0.1, 0.15) is 0 Å². The second kappa shape index (κ2) is 7.04. The average molecular weight is 283 g/mol. The van der Waals surface area contributed by atoms with Gasteiger partial charge in [0.15, 0.2) is 5.96 Å². The minimum Gasteiger partial charge on any atom is -0.351 e. The quantitative estimate of drug-likeness (QED) is 0.683. The Balaban J connectivity index is 1.88. The Morgan fingerprint density at radius 2 is 2.50 bits per heavy atom. The molecule has 1 atom stereocenters. The van der Waals surface area contributed by atoms with Gasteiger partial charge >= 0.3 is 0 Å². The van der Waals surface area contributed by atoms with E-state index in [9.17, 15) is 0 Å². The standard InChI is InChI=1S/C13H21N3S2/c1-3-11-10-16(6-8-18-11)13(14-2)15-9-12-5-4-7-17-12/h4-5,7,11H,3,6,8-10H2,1-2H3,(H,14,15). The molecule has 3 nitrogen and oxygen atoms in total. The van der Waals surface area contributed by atoms with Gasteiger partial charge in [-0.25, -0.2) is 0 Å². The zero-order chi connectivity index (χ0) is 12.8. The van der Waals surface area contributed by atoms with Crippen LogP contribution >= 0.6 is 23.1 Å². The van der Waals surface area contributed by atoms with Gasteiger partial charge in [0.25, 0.3) is 0 Å². The van der Waals surface area contributed by atoms with E-state index < -0.39 is 0 Å². The number of nitrogens with zero attached hydrogens (tertiary/aromatic N) is 2. The zero-order valence-electron chi connectivity index (χ0n) is 11.1. The van der Waals surface area contributed by atoms with Gasteiger partial charge in [-0.15, -0.1) is 11.3 Å². The van der Waals surface area contributed by atoms with Gasteiger partial charge in [0.05, 0.1) is 6.54 Å². The number of aliphatic imine (C=N–C) groups is 1. The highest BCUT2D eigenvalue weighted by molar-refractivity contribution is 8.00. The van der Waals surface area contributed by atoms with Gasteiger partial charge in [-0.2, -0.15) is 11.8 Å². The Morgan fingerprint density at radius 3 is 3.17 bits per heavy atom. The Hall–Kier alpha value is -0.680. The summed E-state index contributed by atoms with van der Waals surface area (Å²) in [4.78, 5) is 8.15. The molecule has 0 amide bonds. The molecule has 2 heterocycles. The fraction of sp³-hybridized carbons (Fsp3) is 0.615. The molecule has 18 heavy (non-hydrogen) atoms. The van der Waals surface area contributed by atoms with Crippen LogP contribution in [0.25, 0.3) is 0 Å². The van der Waals surface area contributed by atoms with Crippen molar-refractivity contribution in [3.8, 4) is 0 Å². The van der Waals surface area contributed by atoms with E-state index in [1.807, 2.05) is 7.05 Å². The summed E-state index contributed by atoms with van der Waals surface area (Å²) in [5.74, 6) is 2.25. The van der Waals surface area contributed by atoms with E-state index in [2.05, 4.69) is 51.4 Å². The lowest BCUT2D eigenvalue weighted by atomic mass is 10.3. The number of rotatable bonds is 3. The van der Waals surface area contributed by atoms with Crippen molar-refractivity contribution in [3.63, 3.8) is 0 Å². The van der Waals surface area contributed by atoms with Crippen molar-refractivity contribution in [2.45, 2.75) is 25.1 Å². The van der Waals surface area contributed by atoms with Crippen LogP contribution in [-0.4, -0.2) is 42.0 Å². The molecule has 1 saturated heterocycles. The molecule has 1 unspecified atom stereocenters. The van der Waals surface area contributed by atoms with E-state index in [1.54, 1.807) is 11.3 Å². The molecular formula is C13H21N3S2. The van der Waals surface area contributed by atoms with Crippen molar-refractivity contribution >= 4 is 29.1 Å². The number of hydrogen-bond donors (Lipinski definition) is 1. The van der Waals surface area contributed by atoms with Gasteiger partial charge in [-0.05, 0) is 17.9 Å². The van der Waals surface area contributed by atoms with Crippen molar-refractivity contribution in [2.75, 3.05) is 25.9 Å². The van der Waals surface area contributed by atoms with E-state index in [-0.39, 0.29) is 0 Å². The second-order valence-corrected chi connectivity index (χ2v) is 6.77. The van der Waals surface area contributed by atoms with Crippen molar-refractivity contribution in [1.82, 2.24) is 10.2 Å². The fourth-order valence-electron chi connectivity index (χ4n) is 2.07. The Kier molecular flexibility index (Phi) is 5.38. The highest BCUT2D eigenvalue weighted by Crippen LogP contribution is 2.21. The molecule has 1 aromatic heterocycles. The molecule has 1 aliphatic rings. The van der Waals surface area contributed by atoms with E-state index in [1.165, 1.54) is 17.1 Å². The lowest BCUT2D eigenvalue weighted by Gasteiger charge is -2.34. The monoisotopic (exact) mass is 283 g/mol. The van der Waals surface area contributed by atoms with E-state index in [0.29, 0.717) is 0 Å². The number of hydrogen-bond acceptors (Lipinski definition) is 3. The fourth-order valence-corrected chi connectivity index (χ4v) is 3.90. The molecule has 1 N–H and O–H groups in total. The summed E-state index contributed by atoms with van der Waals surface area (Å²) in [5, 5.41) is 6.33. The SMILES string of the molecule is CCC1CN(C(=NC)NCc2cccs2)CCS1. The largest absolute Gasteiger partial charge is 0.351 e. The third-order valence-corrected chi connectivity index (χ3v) is 5.35. The van der Waals surface area contributed by atoms with Crippen LogP contribution in [-0.2, 0) is 6.54 Å². The molecule has 100 valence electrons. The van der Waals surface area contributed by atoms with Crippen LogP contribution in [0.4, 0.5) is 0 Å². The first kappa shape index (κ1) is 13.7. The molecule has 1 fully saturated rings. The minimum atomic E-state index is 0.749. The molecule has 1 aromatic rings. The molecule has 2 rings (SSSR count). The van der Waals surface area contributed by atoms with E-state index in [0.717, 1.165) is 30.8 Å². The first-order chi connectivity index (χ1) is 8.83. The third-order valence-electron chi connectivity index (χ3n) is 3.11. The van der Waals surface area contributed by atoms with Crippen molar-refractivity contribution in [3.05, 3.63) is 22.4 Å². The summed E-state index contributed by atoms with van der Waals surface area (Å²) >= 11 is 3.88. The predicted molar refractivity (Wildman–Crippen MR) is 82.6 cm³/mol. The van der Waals surface area contributed by atoms with Crippen molar-refractivity contribution in [2.24, 2.45) is 4.99 Å². The summed E-state index contributed by atoms with van der Waals surface area (Å²) in [6, 6.07) is 4.25. The van der Waals surface area contributed by atoms with Crippen molar-refractivity contribution in [1.29, 1.82) is 0 Å². The van der Waals surface area contributed by atoms with E-state index in [4.69, 9.17) is 0 Å². The molecule has 0 aliphatic carbocycles. The lowest BCUT2D eigenvalue weighted by molar-refractivity contribution is 0.408. The molecule has 0 saturated carbocycles. The molecule has 0 aromatic carbocycles. The summed E-state index contributed by atoms with van der Waals surface area (Å²) in [7, 11) is 1.87. The van der Waals surface area contributed by atoms with Gasteiger partial charge in [-0.3, -0.25) is 4.99 Å². The summed E-state index contributed by atoms with van der Waals surface area (Å²) < 4.78 is 0. The molecule has 5 heteroatoms. The number of guanidine groups is 1. The Bertz CT molecular complexity index is 376. The average Bonchev–Trinajstić information content (AvgIpc) is 2.93. The maximum atomic E-state index is 4.41. The summed E-state index contributed by atoms with van der Waals surface area (Å²) in [5.41, 5.74) is 0. The maximum Gasteiger partial charge on any atom is 0.194 e. The molecular weight excluding hydrogens is 262 g/mol. The first-order valence-electron chi connectivity index (χ1n) is 6.43. The van der Waals surface area contributed by atoms with Crippen molar-refractivity contribution < 1.29 is 0 Å². The highest BCUT2D eigenvalue weighted by Gasteiger charge is 2.21. The maximum absolute atomic E-state index is 4.41. The third kappa shape index (κ3) is 3.65. The van der Waals surface area contributed by atoms with Crippen LogP contribution in [0.3, 0.4) is 0 Å². The molecule has 0 radical (unpaired) electrons. The van der Waals surface area contributed by atoms with Gasteiger partial charge in [0, 0.05) is 36.0 Å². The molecule has 0 bridgehead atoms. The second-order valence-electron chi connectivity index (χ2n) is 4.33.